The number of primary amides is 1. The van der Waals surface area contributed by atoms with Gasteiger partial charge in [-0.15, -0.1) is 13.2 Å². The van der Waals surface area contributed by atoms with Crippen LogP contribution in [0.15, 0.2) is 36.5 Å². The molecular formula is C19H19F4N3O2. The number of aromatic nitrogens is 1. The summed E-state index contributed by atoms with van der Waals surface area (Å²) in [6.45, 7) is 1.49. The van der Waals surface area contributed by atoms with E-state index in [2.05, 4.69) is 14.6 Å². The molecule has 9 heteroatoms. The van der Waals surface area contributed by atoms with E-state index in [-0.39, 0.29) is 11.8 Å². The molecule has 0 unspecified atom stereocenters. The number of hydrogen-bond donors (Lipinski definition) is 1. The molecule has 1 fully saturated rings. The molecule has 1 aromatic carbocycles. The lowest BCUT2D eigenvalue weighted by Crippen LogP contribution is -2.35. The molecule has 1 saturated heterocycles. The van der Waals surface area contributed by atoms with E-state index in [1.54, 1.807) is 12.3 Å². The topological polar surface area (TPSA) is 68.5 Å². The summed E-state index contributed by atoms with van der Waals surface area (Å²) in [7, 11) is 0. The van der Waals surface area contributed by atoms with Crippen LogP contribution in [-0.2, 0) is 4.79 Å². The van der Waals surface area contributed by atoms with Gasteiger partial charge in [-0.2, -0.15) is 0 Å². The molecule has 1 aliphatic heterocycles. The van der Waals surface area contributed by atoms with Crippen LogP contribution in [0.25, 0.3) is 11.3 Å². The number of carbonyl (C=O) groups excluding carboxylic acids is 1. The highest BCUT2D eigenvalue weighted by Crippen LogP contribution is 2.31. The smallest absolute Gasteiger partial charge is 0.403 e. The molecule has 0 spiro atoms. The number of carbonyl (C=O) groups is 1. The van der Waals surface area contributed by atoms with Gasteiger partial charge in [-0.25, -0.2) is 4.39 Å². The average molecular weight is 397 g/mol. The lowest BCUT2D eigenvalue weighted by molar-refractivity contribution is -0.275. The number of alkyl halides is 3. The van der Waals surface area contributed by atoms with Crippen LogP contribution in [0.1, 0.15) is 19.3 Å². The fraction of sp³-hybridized carbons (Fsp3) is 0.368. The van der Waals surface area contributed by atoms with E-state index < -0.39 is 17.9 Å². The van der Waals surface area contributed by atoms with Gasteiger partial charge in [0.05, 0.1) is 5.69 Å². The highest BCUT2D eigenvalue weighted by atomic mass is 19.4. The van der Waals surface area contributed by atoms with Crippen LogP contribution in [0.3, 0.4) is 0 Å². The molecule has 1 aromatic heterocycles. The summed E-state index contributed by atoms with van der Waals surface area (Å²) < 4.78 is 54.4. The van der Waals surface area contributed by atoms with Crippen LogP contribution < -0.4 is 15.4 Å². The van der Waals surface area contributed by atoms with Gasteiger partial charge in [-0.3, -0.25) is 9.78 Å². The molecule has 2 aromatic rings. The van der Waals surface area contributed by atoms with Crippen LogP contribution in [0.4, 0.5) is 23.2 Å². The summed E-state index contributed by atoms with van der Waals surface area (Å²) >= 11 is 0. The first-order valence-corrected chi connectivity index (χ1v) is 8.76. The van der Waals surface area contributed by atoms with Crippen LogP contribution in [-0.4, -0.2) is 30.3 Å². The first kappa shape index (κ1) is 19.9. The SMILES string of the molecule is NC(=O)CC1CCN(c2ccnc(-c3ccc(OC(F)(F)F)c(F)c3)c2)CC1. The Bertz CT molecular complexity index is 849. The quantitative estimate of drug-likeness (QED) is 0.778. The zero-order valence-corrected chi connectivity index (χ0v) is 14.9. The fourth-order valence-electron chi connectivity index (χ4n) is 3.32. The van der Waals surface area contributed by atoms with Gasteiger partial charge in [0.25, 0.3) is 0 Å². The minimum absolute atomic E-state index is 0.269. The zero-order valence-electron chi connectivity index (χ0n) is 14.9. The van der Waals surface area contributed by atoms with Gasteiger partial charge in [0, 0.05) is 37.0 Å². The molecular weight excluding hydrogens is 378 g/mol. The van der Waals surface area contributed by atoms with E-state index in [0.29, 0.717) is 17.7 Å². The van der Waals surface area contributed by atoms with Gasteiger partial charge < -0.3 is 15.4 Å². The molecule has 1 amide bonds. The van der Waals surface area contributed by atoms with Crippen molar-refractivity contribution in [3.8, 4) is 17.0 Å². The number of nitrogens with two attached hydrogens (primary N) is 1. The molecule has 150 valence electrons. The fourth-order valence-corrected chi connectivity index (χ4v) is 3.32. The number of benzene rings is 1. The molecule has 1 aliphatic rings. The Balaban J connectivity index is 1.73. The van der Waals surface area contributed by atoms with Crippen LogP contribution in [0, 0.1) is 11.7 Å². The summed E-state index contributed by atoms with van der Waals surface area (Å²) in [6, 6.07) is 6.80. The predicted molar refractivity (Wildman–Crippen MR) is 95.1 cm³/mol. The van der Waals surface area contributed by atoms with Gasteiger partial charge in [0.2, 0.25) is 5.91 Å². The Morgan fingerprint density at radius 2 is 1.93 bits per heavy atom. The van der Waals surface area contributed by atoms with Gasteiger partial charge in [0.1, 0.15) is 0 Å². The number of nitrogens with zero attached hydrogens (tertiary/aromatic N) is 2. The number of piperidine rings is 1. The van der Waals surface area contributed by atoms with Crippen LogP contribution in [0.5, 0.6) is 5.75 Å². The third kappa shape index (κ3) is 5.11. The van der Waals surface area contributed by atoms with Crippen molar-refractivity contribution >= 4 is 11.6 Å². The van der Waals surface area contributed by atoms with Gasteiger partial charge >= 0.3 is 6.36 Å². The Hall–Kier alpha value is -2.84. The zero-order chi connectivity index (χ0) is 20.3. The minimum atomic E-state index is -4.96. The number of anilines is 1. The molecule has 5 nitrogen and oxygen atoms in total. The lowest BCUT2D eigenvalue weighted by Gasteiger charge is -2.33. The number of rotatable bonds is 5. The minimum Gasteiger partial charge on any atom is -0.403 e. The van der Waals surface area contributed by atoms with Crippen molar-refractivity contribution in [2.45, 2.75) is 25.6 Å². The van der Waals surface area contributed by atoms with E-state index in [1.807, 2.05) is 6.07 Å². The maximum absolute atomic E-state index is 14.0. The first-order valence-electron chi connectivity index (χ1n) is 8.76. The Kier molecular flexibility index (Phi) is 5.71. The van der Waals surface area contributed by atoms with Crippen LogP contribution in [0.2, 0.25) is 0 Å². The molecule has 0 saturated carbocycles. The Labute approximate surface area is 159 Å². The number of amides is 1. The molecule has 3 rings (SSSR count). The normalized spacial score (nSPS) is 15.5. The predicted octanol–water partition coefficient (Wildman–Crippen LogP) is 3.88. The van der Waals surface area contributed by atoms with Gasteiger partial charge in [-0.1, -0.05) is 0 Å². The second-order valence-electron chi connectivity index (χ2n) is 6.69. The van der Waals surface area contributed by atoms with E-state index in [9.17, 15) is 22.4 Å². The molecule has 0 bridgehead atoms. The van der Waals surface area contributed by atoms with Gasteiger partial charge in [-0.05, 0) is 49.1 Å². The summed E-state index contributed by atoms with van der Waals surface area (Å²) in [5, 5.41) is 0. The van der Waals surface area contributed by atoms with Gasteiger partial charge in [0.15, 0.2) is 11.6 Å². The highest BCUT2D eigenvalue weighted by molar-refractivity contribution is 5.74. The Morgan fingerprint density at radius 3 is 2.54 bits per heavy atom. The summed E-state index contributed by atoms with van der Waals surface area (Å²) in [4.78, 5) is 17.4. The summed E-state index contributed by atoms with van der Waals surface area (Å²) in [6.07, 6.45) is -1.35. The molecule has 0 aliphatic carbocycles. The third-order valence-electron chi connectivity index (χ3n) is 4.67. The molecule has 2 N–H and O–H groups in total. The molecule has 28 heavy (non-hydrogen) atoms. The molecule has 0 radical (unpaired) electrons. The van der Waals surface area contributed by atoms with E-state index in [4.69, 9.17) is 5.73 Å². The maximum atomic E-state index is 14.0. The molecule has 0 atom stereocenters. The largest absolute Gasteiger partial charge is 0.573 e. The standard InChI is InChI=1S/C19H19F4N3O2/c20-15-10-13(1-2-17(15)28-19(21,22)23)16-11-14(3-6-25-16)26-7-4-12(5-8-26)9-18(24)27/h1-3,6,10-12H,4-5,7-9H2,(H2,24,27). The Morgan fingerprint density at radius 1 is 1.21 bits per heavy atom. The second kappa shape index (κ2) is 8.04. The van der Waals surface area contributed by atoms with E-state index in [1.165, 1.54) is 6.07 Å². The third-order valence-corrected chi connectivity index (χ3v) is 4.67. The van der Waals surface area contributed by atoms with E-state index in [0.717, 1.165) is 43.8 Å². The van der Waals surface area contributed by atoms with Crippen molar-refractivity contribution in [2.24, 2.45) is 11.7 Å². The highest BCUT2D eigenvalue weighted by Gasteiger charge is 2.32. The van der Waals surface area contributed by atoms with Crippen molar-refractivity contribution < 1.29 is 27.1 Å². The van der Waals surface area contributed by atoms with Crippen molar-refractivity contribution in [3.05, 3.63) is 42.3 Å². The number of hydrogen-bond acceptors (Lipinski definition) is 4. The summed E-state index contributed by atoms with van der Waals surface area (Å²) in [5.74, 6) is -2.03. The maximum Gasteiger partial charge on any atom is 0.573 e. The number of halogens is 4. The second-order valence-corrected chi connectivity index (χ2v) is 6.69. The van der Waals surface area contributed by atoms with Crippen molar-refractivity contribution in [1.29, 1.82) is 0 Å². The van der Waals surface area contributed by atoms with E-state index >= 15 is 0 Å². The molecule has 2 heterocycles. The van der Waals surface area contributed by atoms with Crippen molar-refractivity contribution in [2.75, 3.05) is 18.0 Å². The monoisotopic (exact) mass is 397 g/mol. The van der Waals surface area contributed by atoms with Crippen LogP contribution >= 0.6 is 0 Å². The summed E-state index contributed by atoms with van der Waals surface area (Å²) in [5.41, 5.74) is 6.90. The first-order chi connectivity index (χ1) is 13.2. The van der Waals surface area contributed by atoms with Crippen molar-refractivity contribution in [1.82, 2.24) is 4.98 Å². The lowest BCUT2D eigenvalue weighted by atomic mass is 9.93. The number of ether oxygens (including phenoxy) is 1. The average Bonchev–Trinajstić information content (AvgIpc) is 2.63. The van der Waals surface area contributed by atoms with Crippen molar-refractivity contribution in [3.63, 3.8) is 0 Å². The number of pyridine rings is 1.